The molecule has 0 atom stereocenters. The van der Waals surface area contributed by atoms with Crippen LogP contribution in [-0.2, 0) is 9.53 Å². The molecule has 3 aromatic rings. The molecule has 0 saturated carbocycles. The molecule has 5 nitrogen and oxygen atoms in total. The van der Waals surface area contributed by atoms with Crippen molar-refractivity contribution in [1.82, 2.24) is 9.97 Å². The largest absolute Gasteiger partial charge is 0.469 e. The van der Waals surface area contributed by atoms with Gasteiger partial charge in [-0.1, -0.05) is 30.0 Å². The molecule has 0 aliphatic rings. The van der Waals surface area contributed by atoms with E-state index < -0.39 is 0 Å². The molecule has 148 valence electrons. The lowest BCUT2D eigenvalue weighted by atomic mass is 10.4. The second kappa shape index (κ2) is 11.3. The second-order valence-electron chi connectivity index (χ2n) is 5.53. The molecule has 0 unspecified atom stereocenters. The number of nitrogens with zero attached hydrogens (tertiary/aromatic N) is 2. The summed E-state index contributed by atoms with van der Waals surface area (Å²) in [5.41, 5.74) is 0.981. The molecule has 2 heterocycles. The summed E-state index contributed by atoms with van der Waals surface area (Å²) >= 11 is 4.79. The number of carbonyl (C=O) groups is 1. The Hall–Kier alpha value is -1.74. The minimum atomic E-state index is -0.202. The number of ether oxygens (including phenoxy) is 1. The van der Waals surface area contributed by atoms with Crippen molar-refractivity contribution in [2.45, 2.75) is 28.0 Å². The third kappa shape index (κ3) is 6.70. The number of methoxy groups -OCH3 is 1. The van der Waals surface area contributed by atoms with Gasteiger partial charge in [-0.05, 0) is 25.1 Å². The van der Waals surface area contributed by atoms with Gasteiger partial charge in [-0.3, -0.25) is 4.79 Å². The van der Waals surface area contributed by atoms with Crippen LogP contribution in [0.2, 0.25) is 0 Å². The number of rotatable bonds is 8. The van der Waals surface area contributed by atoms with Gasteiger partial charge in [0.05, 0.1) is 24.1 Å². The highest BCUT2D eigenvalue weighted by Crippen LogP contribution is 2.36. The number of pyridine rings is 1. The van der Waals surface area contributed by atoms with Crippen LogP contribution in [0, 0.1) is 6.92 Å². The average Bonchev–Trinajstić information content (AvgIpc) is 3.09. The Morgan fingerprint density at radius 3 is 2.71 bits per heavy atom. The smallest absolute Gasteiger partial charge is 0.306 e. The molecule has 0 spiro atoms. The predicted octanol–water partition coefficient (Wildman–Crippen LogP) is 5.82. The van der Waals surface area contributed by atoms with E-state index in [1.54, 1.807) is 34.9 Å². The lowest BCUT2D eigenvalue weighted by Crippen LogP contribution is -2.01. The van der Waals surface area contributed by atoms with Gasteiger partial charge in [-0.15, -0.1) is 35.5 Å². The quantitative estimate of drug-likeness (QED) is 0.340. The van der Waals surface area contributed by atoms with Crippen molar-refractivity contribution in [3.8, 4) is 0 Å². The molecule has 0 bridgehead atoms. The fourth-order valence-corrected chi connectivity index (χ4v) is 4.69. The summed E-state index contributed by atoms with van der Waals surface area (Å²) in [6, 6.07) is 12.3. The molecule has 0 aliphatic heterocycles. The van der Waals surface area contributed by atoms with E-state index in [1.165, 1.54) is 7.11 Å². The van der Waals surface area contributed by atoms with Gasteiger partial charge in [-0.2, -0.15) is 0 Å². The van der Waals surface area contributed by atoms with E-state index in [-0.39, 0.29) is 18.4 Å². The number of carbonyl (C=O) groups excluding carboxylic acids is 1. The summed E-state index contributed by atoms with van der Waals surface area (Å²) in [5, 5.41) is 6.14. The first-order valence-electron chi connectivity index (χ1n) is 8.26. The maximum absolute atomic E-state index is 11.3. The Morgan fingerprint density at radius 1 is 1.25 bits per heavy atom. The van der Waals surface area contributed by atoms with Gasteiger partial charge in [-0.25, -0.2) is 9.97 Å². The standard InChI is InChI=1S/C19H19N3O2S3.ClH/c1-13-12-26-19(21-13)22-18-16(27-14-6-4-3-5-7-14)10-15(11-20-18)25-9-8-17(23)24-2;/h3-7,10-12H,8-9H2,1-2H3,(H,20,21,22);1H. The highest BCUT2D eigenvalue weighted by atomic mass is 35.5. The van der Waals surface area contributed by atoms with E-state index in [1.807, 2.05) is 36.7 Å². The van der Waals surface area contributed by atoms with E-state index in [9.17, 15) is 4.79 Å². The minimum absolute atomic E-state index is 0. The van der Waals surface area contributed by atoms with Crippen molar-refractivity contribution < 1.29 is 9.53 Å². The summed E-state index contributed by atoms with van der Waals surface area (Å²) in [6.45, 7) is 1.97. The van der Waals surface area contributed by atoms with Crippen molar-refractivity contribution in [2.24, 2.45) is 0 Å². The van der Waals surface area contributed by atoms with Crippen molar-refractivity contribution >= 4 is 64.2 Å². The number of halogens is 1. The van der Waals surface area contributed by atoms with E-state index in [4.69, 9.17) is 4.74 Å². The Balaban J connectivity index is 0.00000280. The SMILES string of the molecule is COC(=O)CCSc1cnc(Nc2nc(C)cs2)c(Sc2ccccc2)c1.Cl. The lowest BCUT2D eigenvalue weighted by Gasteiger charge is -2.11. The molecular weight excluding hydrogens is 434 g/mol. The number of thioether (sulfide) groups is 1. The highest BCUT2D eigenvalue weighted by molar-refractivity contribution is 8.00. The summed E-state index contributed by atoms with van der Waals surface area (Å²) in [5.74, 6) is 1.23. The topological polar surface area (TPSA) is 64.1 Å². The van der Waals surface area contributed by atoms with Gasteiger partial charge < -0.3 is 10.1 Å². The van der Waals surface area contributed by atoms with Crippen LogP contribution in [0.25, 0.3) is 0 Å². The van der Waals surface area contributed by atoms with Crippen molar-refractivity contribution in [2.75, 3.05) is 18.2 Å². The molecule has 0 fully saturated rings. The first-order valence-corrected chi connectivity index (χ1v) is 10.9. The van der Waals surface area contributed by atoms with Gasteiger partial charge in [0.1, 0.15) is 5.82 Å². The molecule has 0 amide bonds. The van der Waals surface area contributed by atoms with Crippen LogP contribution < -0.4 is 5.32 Å². The number of thiazole rings is 1. The normalized spacial score (nSPS) is 10.2. The van der Waals surface area contributed by atoms with E-state index >= 15 is 0 Å². The minimum Gasteiger partial charge on any atom is -0.469 e. The molecule has 28 heavy (non-hydrogen) atoms. The number of esters is 1. The van der Waals surface area contributed by atoms with Gasteiger partial charge in [0.25, 0.3) is 0 Å². The van der Waals surface area contributed by atoms with E-state index in [2.05, 4.69) is 33.5 Å². The van der Waals surface area contributed by atoms with Gasteiger partial charge in [0, 0.05) is 27.1 Å². The number of anilines is 2. The molecule has 2 aromatic heterocycles. The zero-order valence-electron chi connectivity index (χ0n) is 15.4. The maximum Gasteiger partial charge on any atom is 0.306 e. The molecule has 9 heteroatoms. The monoisotopic (exact) mass is 453 g/mol. The third-order valence-electron chi connectivity index (χ3n) is 3.45. The van der Waals surface area contributed by atoms with Crippen LogP contribution >= 0.6 is 47.3 Å². The van der Waals surface area contributed by atoms with Crippen LogP contribution in [0.1, 0.15) is 12.1 Å². The fraction of sp³-hybridized carbons (Fsp3) is 0.211. The first kappa shape index (κ1) is 22.5. The number of benzene rings is 1. The number of nitrogens with one attached hydrogen (secondary N) is 1. The molecule has 0 aliphatic carbocycles. The maximum atomic E-state index is 11.3. The predicted molar refractivity (Wildman–Crippen MR) is 120 cm³/mol. The highest BCUT2D eigenvalue weighted by Gasteiger charge is 2.11. The van der Waals surface area contributed by atoms with Crippen LogP contribution in [0.4, 0.5) is 10.9 Å². The molecule has 3 rings (SSSR count). The number of hydrogen-bond acceptors (Lipinski definition) is 8. The number of hydrogen-bond donors (Lipinski definition) is 1. The van der Waals surface area contributed by atoms with Gasteiger partial charge in [0.15, 0.2) is 5.13 Å². The molecule has 0 radical (unpaired) electrons. The molecule has 1 aromatic carbocycles. The van der Waals surface area contributed by atoms with Gasteiger partial charge >= 0.3 is 5.97 Å². The van der Waals surface area contributed by atoms with Gasteiger partial charge in [0.2, 0.25) is 0 Å². The Bertz CT molecular complexity index is 906. The summed E-state index contributed by atoms with van der Waals surface area (Å²) in [6.07, 6.45) is 2.19. The van der Waals surface area contributed by atoms with Crippen molar-refractivity contribution in [3.63, 3.8) is 0 Å². The molecule has 1 N–H and O–H groups in total. The van der Waals surface area contributed by atoms with E-state index in [0.29, 0.717) is 12.2 Å². The Kier molecular flexibility index (Phi) is 9.11. The zero-order chi connectivity index (χ0) is 19.1. The van der Waals surface area contributed by atoms with E-state index in [0.717, 1.165) is 31.3 Å². The first-order chi connectivity index (χ1) is 13.1. The fourth-order valence-electron chi connectivity index (χ4n) is 2.16. The van der Waals surface area contributed by atoms with Crippen LogP contribution in [0.5, 0.6) is 0 Å². The van der Waals surface area contributed by atoms with Crippen LogP contribution in [0.15, 0.2) is 62.7 Å². The Labute approximate surface area is 183 Å². The third-order valence-corrected chi connectivity index (χ3v) is 6.32. The van der Waals surface area contributed by atoms with Crippen molar-refractivity contribution in [1.29, 1.82) is 0 Å². The summed E-state index contributed by atoms with van der Waals surface area (Å²) in [7, 11) is 1.41. The summed E-state index contributed by atoms with van der Waals surface area (Å²) < 4.78 is 4.69. The number of aromatic nitrogens is 2. The molecule has 0 saturated heterocycles. The Morgan fingerprint density at radius 2 is 2.04 bits per heavy atom. The van der Waals surface area contributed by atoms with Crippen LogP contribution in [0.3, 0.4) is 0 Å². The molecular formula is C19H20ClN3O2S3. The zero-order valence-corrected chi connectivity index (χ0v) is 18.6. The van der Waals surface area contributed by atoms with Crippen LogP contribution in [-0.4, -0.2) is 28.8 Å². The second-order valence-corrected chi connectivity index (χ2v) is 8.67. The van der Waals surface area contributed by atoms with Crippen molar-refractivity contribution in [3.05, 3.63) is 53.7 Å². The number of aryl methyl sites for hydroxylation is 1. The average molecular weight is 454 g/mol. The lowest BCUT2D eigenvalue weighted by molar-refractivity contribution is -0.140. The summed E-state index contributed by atoms with van der Waals surface area (Å²) in [4.78, 5) is 23.5.